The molecule has 0 saturated heterocycles. The molecule has 0 aliphatic rings. The Morgan fingerprint density at radius 3 is 2.55 bits per heavy atom. The molecule has 1 heterocycles. The van der Waals surface area contributed by atoms with Gasteiger partial charge in [-0.25, -0.2) is 5.43 Å². The van der Waals surface area contributed by atoms with Gasteiger partial charge in [0.25, 0.3) is 0 Å². The number of ether oxygens (including phenoxy) is 1. The molecular weight excluding hydrogens is 370 g/mol. The van der Waals surface area contributed by atoms with E-state index in [1.165, 1.54) is 7.11 Å². The van der Waals surface area contributed by atoms with Gasteiger partial charge in [0.15, 0.2) is 11.5 Å². The van der Waals surface area contributed by atoms with E-state index in [9.17, 15) is 5.11 Å². The molecule has 3 rings (SSSR count). The molecule has 9 nitrogen and oxygen atoms in total. The number of hydrazone groups is 1. The van der Waals surface area contributed by atoms with E-state index >= 15 is 0 Å². The Balaban J connectivity index is 1.73. The largest absolute Gasteiger partial charge is 0.504 e. The number of aromatic hydroxyl groups is 1. The van der Waals surface area contributed by atoms with E-state index in [2.05, 4.69) is 30.8 Å². The molecule has 0 atom stereocenters. The molecular formula is C20H23N7O2. The van der Waals surface area contributed by atoms with Gasteiger partial charge >= 0.3 is 0 Å². The van der Waals surface area contributed by atoms with Crippen LogP contribution in [0.25, 0.3) is 0 Å². The summed E-state index contributed by atoms with van der Waals surface area (Å²) in [5, 5.41) is 17.0. The van der Waals surface area contributed by atoms with Crippen LogP contribution in [0.1, 0.15) is 11.1 Å². The molecule has 0 aliphatic heterocycles. The van der Waals surface area contributed by atoms with E-state index in [1.54, 1.807) is 29.3 Å². The Hall–Kier alpha value is -3.88. The first kappa shape index (κ1) is 19.9. The Kier molecular flexibility index (Phi) is 6.41. The molecule has 0 spiro atoms. The van der Waals surface area contributed by atoms with Gasteiger partial charge in [-0.2, -0.15) is 20.1 Å². The van der Waals surface area contributed by atoms with Crippen LogP contribution in [-0.4, -0.2) is 47.5 Å². The highest BCUT2D eigenvalue weighted by molar-refractivity contribution is 5.81. The lowest BCUT2D eigenvalue weighted by molar-refractivity contribution is 0.373. The molecule has 1 aromatic heterocycles. The molecule has 0 saturated carbocycles. The Labute approximate surface area is 169 Å². The van der Waals surface area contributed by atoms with Crippen molar-refractivity contribution in [3.05, 3.63) is 59.7 Å². The van der Waals surface area contributed by atoms with Crippen molar-refractivity contribution in [3.63, 3.8) is 0 Å². The summed E-state index contributed by atoms with van der Waals surface area (Å²) in [4.78, 5) is 14.9. The SMILES string of the molecule is COc1cc(C=NNc2nc(NCc3ccccc3)nc(N(C)C)n2)ccc1O. The zero-order valence-corrected chi connectivity index (χ0v) is 16.5. The molecule has 0 fully saturated rings. The number of nitrogens with one attached hydrogen (secondary N) is 2. The first-order chi connectivity index (χ1) is 14.0. The molecule has 0 bridgehead atoms. The molecule has 9 heteroatoms. The number of phenolic OH excluding ortho intramolecular Hbond substituents is 1. The monoisotopic (exact) mass is 393 g/mol. The fourth-order valence-electron chi connectivity index (χ4n) is 2.41. The highest BCUT2D eigenvalue weighted by Crippen LogP contribution is 2.25. The van der Waals surface area contributed by atoms with Gasteiger partial charge in [0.2, 0.25) is 17.8 Å². The van der Waals surface area contributed by atoms with Crippen LogP contribution in [0.15, 0.2) is 53.6 Å². The molecule has 0 unspecified atom stereocenters. The average Bonchev–Trinajstić information content (AvgIpc) is 2.74. The number of anilines is 3. The van der Waals surface area contributed by atoms with E-state index in [0.29, 0.717) is 30.1 Å². The number of phenols is 1. The van der Waals surface area contributed by atoms with Gasteiger partial charge in [-0.15, -0.1) is 0 Å². The summed E-state index contributed by atoms with van der Waals surface area (Å²) in [5.41, 5.74) is 4.68. The number of methoxy groups -OCH3 is 1. The number of nitrogens with zero attached hydrogens (tertiary/aromatic N) is 5. The second kappa shape index (κ2) is 9.36. The van der Waals surface area contributed by atoms with Crippen LogP contribution in [0, 0.1) is 0 Å². The first-order valence-electron chi connectivity index (χ1n) is 8.92. The van der Waals surface area contributed by atoms with Gasteiger partial charge in [-0.05, 0) is 29.3 Å². The fourth-order valence-corrected chi connectivity index (χ4v) is 2.41. The highest BCUT2D eigenvalue weighted by atomic mass is 16.5. The van der Waals surface area contributed by atoms with E-state index in [-0.39, 0.29) is 5.75 Å². The normalized spacial score (nSPS) is 10.7. The minimum atomic E-state index is 0.0693. The maximum atomic E-state index is 9.66. The highest BCUT2D eigenvalue weighted by Gasteiger charge is 2.08. The maximum absolute atomic E-state index is 9.66. The van der Waals surface area contributed by atoms with Crippen LogP contribution in [0.3, 0.4) is 0 Å². The van der Waals surface area contributed by atoms with E-state index in [0.717, 1.165) is 11.1 Å². The number of aromatic nitrogens is 3. The lowest BCUT2D eigenvalue weighted by Crippen LogP contribution is -2.16. The lowest BCUT2D eigenvalue weighted by Gasteiger charge is -2.13. The fraction of sp³-hybridized carbons (Fsp3) is 0.200. The average molecular weight is 393 g/mol. The van der Waals surface area contributed by atoms with Crippen molar-refractivity contribution in [2.45, 2.75) is 6.54 Å². The Morgan fingerprint density at radius 1 is 1.07 bits per heavy atom. The van der Waals surface area contributed by atoms with Crippen molar-refractivity contribution in [1.29, 1.82) is 0 Å². The van der Waals surface area contributed by atoms with E-state index < -0.39 is 0 Å². The number of hydrogen-bond acceptors (Lipinski definition) is 9. The second-order valence-electron chi connectivity index (χ2n) is 6.32. The van der Waals surface area contributed by atoms with Gasteiger partial charge in [0.05, 0.1) is 13.3 Å². The molecule has 0 aliphatic carbocycles. The summed E-state index contributed by atoms with van der Waals surface area (Å²) in [5.74, 6) is 1.69. The van der Waals surface area contributed by atoms with Crippen LogP contribution < -0.4 is 20.4 Å². The Bertz CT molecular complexity index is 978. The van der Waals surface area contributed by atoms with E-state index in [4.69, 9.17) is 4.74 Å². The van der Waals surface area contributed by atoms with Crippen molar-refractivity contribution in [2.75, 3.05) is 36.8 Å². The summed E-state index contributed by atoms with van der Waals surface area (Å²) < 4.78 is 5.09. The summed E-state index contributed by atoms with van der Waals surface area (Å²) >= 11 is 0. The third kappa shape index (κ3) is 5.55. The van der Waals surface area contributed by atoms with Crippen molar-refractivity contribution in [3.8, 4) is 11.5 Å². The lowest BCUT2D eigenvalue weighted by atomic mass is 10.2. The summed E-state index contributed by atoms with van der Waals surface area (Å²) in [6.45, 7) is 0.591. The third-order valence-corrected chi connectivity index (χ3v) is 3.90. The standard InChI is InChI=1S/C20H23N7O2/c1-27(2)20-24-18(21-12-14-7-5-4-6-8-14)23-19(25-20)26-22-13-15-9-10-16(28)17(11-15)29-3/h4-11,13,28H,12H2,1-3H3,(H2,21,23,24,25,26). The van der Waals surface area contributed by atoms with Crippen molar-refractivity contribution in [1.82, 2.24) is 15.0 Å². The van der Waals surface area contributed by atoms with Crippen LogP contribution >= 0.6 is 0 Å². The van der Waals surface area contributed by atoms with Gasteiger partial charge in [-0.3, -0.25) is 0 Å². The molecule has 2 aromatic carbocycles. The van der Waals surface area contributed by atoms with Crippen LogP contribution in [0.4, 0.5) is 17.8 Å². The molecule has 29 heavy (non-hydrogen) atoms. The zero-order chi connectivity index (χ0) is 20.6. The summed E-state index contributed by atoms with van der Waals surface area (Å²) in [6.07, 6.45) is 1.58. The predicted molar refractivity (Wildman–Crippen MR) is 114 cm³/mol. The number of hydrogen-bond donors (Lipinski definition) is 3. The summed E-state index contributed by atoms with van der Waals surface area (Å²) in [7, 11) is 5.20. The Morgan fingerprint density at radius 2 is 1.83 bits per heavy atom. The van der Waals surface area contributed by atoms with Crippen LogP contribution in [0.2, 0.25) is 0 Å². The molecule has 0 radical (unpaired) electrons. The maximum Gasteiger partial charge on any atom is 0.250 e. The quantitative estimate of drug-likeness (QED) is 0.396. The van der Waals surface area contributed by atoms with E-state index in [1.807, 2.05) is 44.4 Å². The topological polar surface area (TPSA) is 108 Å². The minimum Gasteiger partial charge on any atom is -0.504 e. The molecule has 150 valence electrons. The number of rotatable bonds is 8. The minimum absolute atomic E-state index is 0.0693. The summed E-state index contributed by atoms with van der Waals surface area (Å²) in [6, 6.07) is 14.9. The van der Waals surface area contributed by atoms with Crippen molar-refractivity contribution >= 4 is 24.1 Å². The van der Waals surface area contributed by atoms with Crippen LogP contribution in [0.5, 0.6) is 11.5 Å². The van der Waals surface area contributed by atoms with Crippen LogP contribution in [-0.2, 0) is 6.54 Å². The molecule has 3 aromatic rings. The van der Waals surface area contributed by atoms with Gasteiger partial charge in [0.1, 0.15) is 0 Å². The van der Waals surface area contributed by atoms with Crippen molar-refractivity contribution < 1.29 is 9.84 Å². The molecule has 3 N–H and O–H groups in total. The number of benzene rings is 2. The second-order valence-corrected chi connectivity index (χ2v) is 6.32. The zero-order valence-electron chi connectivity index (χ0n) is 16.5. The smallest absolute Gasteiger partial charge is 0.250 e. The predicted octanol–water partition coefficient (Wildman–Crippen LogP) is 2.71. The van der Waals surface area contributed by atoms with Gasteiger partial charge in [0, 0.05) is 20.6 Å². The molecule has 0 amide bonds. The first-order valence-corrected chi connectivity index (χ1v) is 8.92. The van der Waals surface area contributed by atoms with Crippen molar-refractivity contribution in [2.24, 2.45) is 5.10 Å². The van der Waals surface area contributed by atoms with Gasteiger partial charge in [-0.1, -0.05) is 30.3 Å². The third-order valence-electron chi connectivity index (χ3n) is 3.90. The van der Waals surface area contributed by atoms with Gasteiger partial charge < -0.3 is 20.1 Å².